The van der Waals surface area contributed by atoms with Crippen LogP contribution in [-0.4, -0.2) is 20.3 Å². The molecule has 0 saturated carbocycles. The Labute approximate surface area is 185 Å². The quantitative estimate of drug-likeness (QED) is 0.493. The van der Waals surface area contributed by atoms with Crippen molar-refractivity contribution in [2.45, 2.75) is 33.7 Å². The van der Waals surface area contributed by atoms with E-state index in [0.29, 0.717) is 21.8 Å². The molecule has 2 aromatic heterocycles. The summed E-state index contributed by atoms with van der Waals surface area (Å²) in [6.07, 6.45) is 1.69. The van der Waals surface area contributed by atoms with E-state index >= 15 is 0 Å². The van der Waals surface area contributed by atoms with Crippen molar-refractivity contribution in [3.05, 3.63) is 87.1 Å². The number of carbonyl (C=O) groups excluding carboxylic acids is 1. The number of amides is 1. The molecule has 6 nitrogen and oxygen atoms in total. The van der Waals surface area contributed by atoms with Gasteiger partial charge in [0.1, 0.15) is 6.04 Å². The third-order valence-corrected chi connectivity index (χ3v) is 6.07. The molecule has 0 bridgehead atoms. The number of hydrogen-bond acceptors (Lipinski definition) is 3. The second-order valence-corrected chi connectivity index (χ2v) is 8.06. The van der Waals surface area contributed by atoms with Gasteiger partial charge in [0.2, 0.25) is 5.91 Å². The van der Waals surface area contributed by atoms with E-state index in [1.807, 2.05) is 74.7 Å². The highest BCUT2D eigenvalue weighted by Gasteiger charge is 2.24. The topological polar surface area (TPSA) is 68.9 Å². The second-order valence-electron chi connectivity index (χ2n) is 7.66. The lowest BCUT2D eigenvalue weighted by Gasteiger charge is -2.18. The monoisotopic (exact) mass is 434 g/mol. The first-order valence-corrected chi connectivity index (χ1v) is 10.4. The third kappa shape index (κ3) is 3.64. The summed E-state index contributed by atoms with van der Waals surface area (Å²) in [5.41, 5.74) is 3.61. The lowest BCUT2D eigenvalue weighted by atomic mass is 10.2. The number of nitrogens with one attached hydrogen (secondary N) is 1. The van der Waals surface area contributed by atoms with Gasteiger partial charge in [-0.3, -0.25) is 9.59 Å². The van der Waals surface area contributed by atoms with Gasteiger partial charge < -0.3 is 9.88 Å². The molecule has 31 heavy (non-hydrogen) atoms. The van der Waals surface area contributed by atoms with Crippen molar-refractivity contribution in [3.63, 3.8) is 0 Å². The van der Waals surface area contributed by atoms with Crippen LogP contribution in [0.25, 0.3) is 16.5 Å². The predicted octanol–water partition coefficient (Wildman–Crippen LogP) is 4.97. The summed E-state index contributed by atoms with van der Waals surface area (Å²) >= 11 is 6.18. The maximum absolute atomic E-state index is 13.2. The maximum Gasteiger partial charge on any atom is 0.281 e. The fourth-order valence-electron chi connectivity index (χ4n) is 3.95. The lowest BCUT2D eigenvalue weighted by Crippen LogP contribution is -2.25. The van der Waals surface area contributed by atoms with Crippen LogP contribution in [0.3, 0.4) is 0 Å². The molecular formula is C24H23ClN4O2. The van der Waals surface area contributed by atoms with Crippen molar-refractivity contribution in [3.8, 4) is 5.69 Å². The molecule has 1 amide bonds. The zero-order valence-corrected chi connectivity index (χ0v) is 18.6. The summed E-state index contributed by atoms with van der Waals surface area (Å²) in [5, 5.41) is 9.18. The number of benzene rings is 2. The summed E-state index contributed by atoms with van der Waals surface area (Å²) < 4.78 is 3.27. The van der Waals surface area contributed by atoms with E-state index in [-0.39, 0.29) is 11.5 Å². The molecule has 0 aliphatic heterocycles. The highest BCUT2D eigenvalue weighted by Crippen LogP contribution is 2.27. The number of nitrogens with zero attached hydrogens (tertiary/aromatic N) is 3. The molecular weight excluding hydrogens is 412 g/mol. The number of fused-ring (bicyclic) bond motifs is 1. The molecule has 2 heterocycles. The third-order valence-electron chi connectivity index (χ3n) is 5.66. The largest absolute Gasteiger partial charge is 0.336 e. The zero-order valence-electron chi connectivity index (χ0n) is 17.8. The van der Waals surface area contributed by atoms with Gasteiger partial charge in [0.25, 0.3) is 5.56 Å². The number of rotatable bonds is 4. The molecule has 1 unspecified atom stereocenters. The van der Waals surface area contributed by atoms with Crippen LogP contribution in [0.2, 0.25) is 5.02 Å². The fourth-order valence-corrected chi connectivity index (χ4v) is 4.13. The second kappa shape index (κ2) is 8.04. The Morgan fingerprint density at radius 1 is 1.06 bits per heavy atom. The summed E-state index contributed by atoms with van der Waals surface area (Å²) in [6, 6.07) is 14.2. The average Bonchev–Trinajstić information content (AvgIpc) is 3.01. The number of para-hydroxylation sites is 1. The number of aryl methyl sites for hydroxylation is 3. The SMILES string of the molecule is Cc1ccc(NC(=O)C(C)n2c(C)c3cnn(-c4ccccc4)c(=O)c3c2C)cc1Cl. The van der Waals surface area contributed by atoms with Gasteiger partial charge in [0, 0.05) is 27.5 Å². The molecule has 0 spiro atoms. The fraction of sp³-hybridized carbons (Fsp3) is 0.208. The van der Waals surface area contributed by atoms with Crippen molar-refractivity contribution in [1.29, 1.82) is 0 Å². The number of halogens is 1. The van der Waals surface area contributed by atoms with Gasteiger partial charge in [-0.2, -0.15) is 9.78 Å². The van der Waals surface area contributed by atoms with Gasteiger partial charge in [-0.15, -0.1) is 0 Å². The lowest BCUT2D eigenvalue weighted by molar-refractivity contribution is -0.118. The molecule has 0 radical (unpaired) electrons. The van der Waals surface area contributed by atoms with Crippen LogP contribution in [0.5, 0.6) is 0 Å². The Kier molecular flexibility index (Phi) is 5.41. The maximum atomic E-state index is 13.2. The number of carbonyl (C=O) groups is 1. The van der Waals surface area contributed by atoms with E-state index in [0.717, 1.165) is 22.3 Å². The predicted molar refractivity (Wildman–Crippen MR) is 124 cm³/mol. The smallest absolute Gasteiger partial charge is 0.281 e. The minimum atomic E-state index is -0.531. The Balaban J connectivity index is 1.75. The van der Waals surface area contributed by atoms with Gasteiger partial charge in [-0.1, -0.05) is 35.9 Å². The zero-order chi connectivity index (χ0) is 22.3. The highest BCUT2D eigenvalue weighted by atomic mass is 35.5. The first-order valence-electron chi connectivity index (χ1n) is 10.0. The molecule has 0 aliphatic rings. The van der Waals surface area contributed by atoms with Crippen molar-refractivity contribution in [1.82, 2.24) is 14.3 Å². The van der Waals surface area contributed by atoms with Crippen LogP contribution in [0, 0.1) is 20.8 Å². The first kappa shape index (κ1) is 20.9. The van der Waals surface area contributed by atoms with E-state index in [2.05, 4.69) is 10.4 Å². The van der Waals surface area contributed by atoms with Crippen molar-refractivity contribution in [2.75, 3.05) is 5.32 Å². The molecule has 158 valence electrons. The molecule has 2 aromatic carbocycles. The van der Waals surface area contributed by atoms with Crippen molar-refractivity contribution in [2.24, 2.45) is 0 Å². The number of aromatic nitrogens is 3. The van der Waals surface area contributed by atoms with Crippen LogP contribution in [0.1, 0.15) is 29.9 Å². The summed E-state index contributed by atoms with van der Waals surface area (Å²) in [4.78, 5) is 26.2. The van der Waals surface area contributed by atoms with E-state index < -0.39 is 6.04 Å². The first-order chi connectivity index (χ1) is 14.8. The highest BCUT2D eigenvalue weighted by molar-refractivity contribution is 6.31. The van der Waals surface area contributed by atoms with Crippen LogP contribution in [0.4, 0.5) is 5.69 Å². The minimum Gasteiger partial charge on any atom is -0.336 e. The Morgan fingerprint density at radius 3 is 2.45 bits per heavy atom. The molecule has 0 saturated heterocycles. The Hall–Kier alpha value is -3.38. The van der Waals surface area contributed by atoms with Gasteiger partial charge >= 0.3 is 0 Å². The van der Waals surface area contributed by atoms with Crippen molar-refractivity contribution < 1.29 is 4.79 Å². The Morgan fingerprint density at radius 2 is 1.77 bits per heavy atom. The molecule has 0 fully saturated rings. The minimum absolute atomic E-state index is 0.192. The standard InChI is InChI=1S/C24H23ClN4O2/c1-14-10-11-18(12-21(14)25)27-23(30)17(4)28-15(2)20-13-26-29(19-8-6-5-7-9-19)24(31)22(20)16(28)3/h5-13,17H,1-4H3,(H,27,30). The van der Waals surface area contributed by atoms with Gasteiger partial charge in [0.05, 0.1) is 17.3 Å². The van der Waals surface area contributed by atoms with Crippen LogP contribution >= 0.6 is 11.6 Å². The van der Waals surface area contributed by atoms with Crippen LogP contribution < -0.4 is 10.9 Å². The van der Waals surface area contributed by atoms with Gasteiger partial charge in [-0.05, 0) is 57.5 Å². The van der Waals surface area contributed by atoms with Gasteiger partial charge in [-0.25, -0.2) is 0 Å². The summed E-state index contributed by atoms with van der Waals surface area (Å²) in [6.45, 7) is 7.48. The molecule has 0 aliphatic carbocycles. The van der Waals surface area contributed by atoms with E-state index in [9.17, 15) is 9.59 Å². The molecule has 1 N–H and O–H groups in total. The normalized spacial score (nSPS) is 12.2. The van der Waals surface area contributed by atoms with E-state index in [1.54, 1.807) is 12.3 Å². The van der Waals surface area contributed by atoms with E-state index in [4.69, 9.17) is 11.6 Å². The van der Waals surface area contributed by atoms with Crippen LogP contribution in [0.15, 0.2) is 59.5 Å². The number of hydrogen-bond donors (Lipinski definition) is 1. The van der Waals surface area contributed by atoms with Crippen LogP contribution in [-0.2, 0) is 4.79 Å². The molecule has 7 heteroatoms. The summed E-state index contributed by atoms with van der Waals surface area (Å²) in [5.74, 6) is -0.192. The Bertz CT molecular complexity index is 1360. The molecule has 1 atom stereocenters. The molecule has 4 rings (SSSR count). The summed E-state index contributed by atoms with van der Waals surface area (Å²) in [7, 11) is 0. The number of anilines is 1. The van der Waals surface area contributed by atoms with Gasteiger partial charge in [0.15, 0.2) is 0 Å². The molecule has 4 aromatic rings. The average molecular weight is 435 g/mol. The van der Waals surface area contributed by atoms with Crippen molar-refractivity contribution >= 4 is 34.0 Å². The van der Waals surface area contributed by atoms with E-state index in [1.165, 1.54) is 4.68 Å².